The minimum Gasteiger partial charge on any atom is -0.394 e. The molecule has 0 aliphatic carbocycles. The Morgan fingerprint density at radius 1 is 1.41 bits per heavy atom. The number of nitriles is 1. The largest absolute Gasteiger partial charge is 0.394 e. The number of halogens is 1. The quantitative estimate of drug-likeness (QED) is 0.912. The minimum absolute atomic E-state index is 0.175. The van der Waals surface area contributed by atoms with Crippen molar-refractivity contribution in [3.8, 4) is 6.07 Å². The summed E-state index contributed by atoms with van der Waals surface area (Å²) in [6.07, 6.45) is 3.33. The van der Waals surface area contributed by atoms with Crippen LogP contribution in [0.4, 0.5) is 5.69 Å². The summed E-state index contributed by atoms with van der Waals surface area (Å²) in [6, 6.07) is 8.05. The molecule has 0 amide bonds. The van der Waals surface area contributed by atoms with Crippen LogP contribution in [0, 0.1) is 11.3 Å². The number of anilines is 1. The molecule has 1 saturated heterocycles. The van der Waals surface area contributed by atoms with Gasteiger partial charge >= 0.3 is 0 Å². The smallest absolute Gasteiger partial charge is 0.0992 e. The number of nitrogens with zero attached hydrogens (tertiary/aromatic N) is 2. The van der Waals surface area contributed by atoms with Gasteiger partial charge in [-0.25, -0.2) is 0 Å². The summed E-state index contributed by atoms with van der Waals surface area (Å²) >= 11 is 3.42. The summed E-state index contributed by atoms with van der Waals surface area (Å²) in [5, 5.41) is 18.4. The first kappa shape index (κ1) is 12.4. The Morgan fingerprint density at radius 2 is 2.24 bits per heavy atom. The van der Waals surface area contributed by atoms with Crippen molar-refractivity contribution in [2.75, 3.05) is 18.1 Å². The van der Waals surface area contributed by atoms with Crippen molar-refractivity contribution in [1.29, 1.82) is 5.26 Å². The van der Waals surface area contributed by atoms with Gasteiger partial charge in [-0.05, 0) is 37.5 Å². The summed E-state index contributed by atoms with van der Waals surface area (Å²) in [4.78, 5) is 2.20. The van der Waals surface area contributed by atoms with Crippen molar-refractivity contribution in [1.82, 2.24) is 0 Å². The molecule has 1 fully saturated rings. The van der Waals surface area contributed by atoms with Crippen LogP contribution in [0.15, 0.2) is 22.7 Å². The summed E-state index contributed by atoms with van der Waals surface area (Å²) in [5.41, 5.74) is 1.67. The van der Waals surface area contributed by atoms with Crippen LogP contribution < -0.4 is 4.90 Å². The fourth-order valence-corrected chi connectivity index (χ4v) is 2.82. The molecule has 0 bridgehead atoms. The summed E-state index contributed by atoms with van der Waals surface area (Å²) in [7, 11) is 0. The number of aliphatic hydroxyl groups excluding tert-OH is 1. The van der Waals surface area contributed by atoms with Crippen LogP contribution in [-0.2, 0) is 0 Å². The number of piperidine rings is 1. The topological polar surface area (TPSA) is 47.3 Å². The first-order valence-electron chi connectivity index (χ1n) is 5.83. The zero-order valence-electron chi connectivity index (χ0n) is 9.56. The number of aliphatic hydroxyl groups is 1. The van der Waals surface area contributed by atoms with Crippen molar-refractivity contribution in [3.05, 3.63) is 28.2 Å². The van der Waals surface area contributed by atoms with Crippen molar-refractivity contribution < 1.29 is 5.11 Å². The Balaban J connectivity index is 2.31. The first-order valence-corrected chi connectivity index (χ1v) is 6.62. The second-order valence-corrected chi connectivity index (χ2v) is 5.25. The van der Waals surface area contributed by atoms with Gasteiger partial charge in [0.2, 0.25) is 0 Å². The van der Waals surface area contributed by atoms with E-state index in [9.17, 15) is 5.11 Å². The predicted octanol–water partition coefficient (Wildman–Crippen LogP) is 2.67. The Hall–Kier alpha value is -1.05. The second kappa shape index (κ2) is 5.52. The highest BCUT2D eigenvalue weighted by Crippen LogP contribution is 2.28. The molecule has 1 aromatic rings. The van der Waals surface area contributed by atoms with E-state index in [1.165, 1.54) is 6.42 Å². The lowest BCUT2D eigenvalue weighted by molar-refractivity contribution is 0.240. The molecular weight excluding hydrogens is 280 g/mol. The van der Waals surface area contributed by atoms with Crippen LogP contribution >= 0.6 is 15.9 Å². The zero-order chi connectivity index (χ0) is 12.3. The molecule has 0 saturated carbocycles. The Kier molecular flexibility index (Phi) is 4.03. The lowest BCUT2D eigenvalue weighted by Gasteiger charge is -2.36. The van der Waals surface area contributed by atoms with Crippen LogP contribution in [0.25, 0.3) is 0 Å². The standard InChI is InChI=1S/C13H15BrN2O/c14-11-5-10(8-15)6-13(7-11)16-4-2-1-3-12(16)9-17/h5-7,12,17H,1-4,9H2. The van der Waals surface area contributed by atoms with E-state index in [1.54, 1.807) is 6.07 Å². The summed E-state index contributed by atoms with van der Waals surface area (Å²) < 4.78 is 0.911. The van der Waals surface area contributed by atoms with Crippen LogP contribution in [0.2, 0.25) is 0 Å². The van der Waals surface area contributed by atoms with Crippen LogP contribution in [0.1, 0.15) is 24.8 Å². The van der Waals surface area contributed by atoms with Crippen molar-refractivity contribution in [2.24, 2.45) is 0 Å². The van der Waals surface area contributed by atoms with E-state index in [0.717, 1.165) is 29.5 Å². The van der Waals surface area contributed by atoms with Crippen molar-refractivity contribution in [3.63, 3.8) is 0 Å². The summed E-state index contributed by atoms with van der Waals surface area (Å²) in [5.74, 6) is 0. The molecule has 1 atom stereocenters. The van der Waals surface area contributed by atoms with Crippen molar-refractivity contribution in [2.45, 2.75) is 25.3 Å². The molecule has 0 spiro atoms. The average Bonchev–Trinajstić information content (AvgIpc) is 2.37. The monoisotopic (exact) mass is 294 g/mol. The molecule has 17 heavy (non-hydrogen) atoms. The van der Waals surface area contributed by atoms with Gasteiger partial charge in [-0.1, -0.05) is 15.9 Å². The van der Waals surface area contributed by atoms with Gasteiger partial charge in [-0.15, -0.1) is 0 Å². The fourth-order valence-electron chi connectivity index (χ4n) is 2.33. The predicted molar refractivity (Wildman–Crippen MR) is 70.9 cm³/mol. The molecule has 1 N–H and O–H groups in total. The molecule has 1 heterocycles. The number of hydrogen-bond acceptors (Lipinski definition) is 3. The lowest BCUT2D eigenvalue weighted by atomic mass is 10.0. The Bertz CT molecular complexity index is 442. The molecule has 1 aromatic carbocycles. The molecule has 0 aromatic heterocycles. The van der Waals surface area contributed by atoms with Gasteiger partial charge in [0.05, 0.1) is 24.3 Å². The van der Waals surface area contributed by atoms with Crippen LogP contribution in [0.3, 0.4) is 0 Å². The molecule has 0 radical (unpaired) electrons. The van der Waals surface area contributed by atoms with Gasteiger partial charge in [0.15, 0.2) is 0 Å². The van der Waals surface area contributed by atoms with Gasteiger partial charge in [-0.2, -0.15) is 5.26 Å². The van der Waals surface area contributed by atoms with Gasteiger partial charge in [-0.3, -0.25) is 0 Å². The highest BCUT2D eigenvalue weighted by molar-refractivity contribution is 9.10. The zero-order valence-corrected chi connectivity index (χ0v) is 11.2. The molecule has 1 aliphatic heterocycles. The molecule has 1 aliphatic rings. The van der Waals surface area contributed by atoms with E-state index < -0.39 is 0 Å². The van der Waals surface area contributed by atoms with Crippen molar-refractivity contribution >= 4 is 21.6 Å². The molecular formula is C13H15BrN2O. The van der Waals surface area contributed by atoms with E-state index in [2.05, 4.69) is 26.9 Å². The van der Waals surface area contributed by atoms with Crippen LogP contribution in [0.5, 0.6) is 0 Å². The van der Waals surface area contributed by atoms with E-state index in [-0.39, 0.29) is 12.6 Å². The Morgan fingerprint density at radius 3 is 2.94 bits per heavy atom. The highest BCUT2D eigenvalue weighted by Gasteiger charge is 2.22. The maximum absolute atomic E-state index is 9.40. The lowest BCUT2D eigenvalue weighted by Crippen LogP contribution is -2.41. The first-order chi connectivity index (χ1) is 8.24. The average molecular weight is 295 g/mol. The molecule has 1 unspecified atom stereocenters. The SMILES string of the molecule is N#Cc1cc(Br)cc(N2CCCCC2CO)c1. The van der Waals surface area contributed by atoms with E-state index in [4.69, 9.17) is 5.26 Å². The maximum Gasteiger partial charge on any atom is 0.0992 e. The summed E-state index contributed by atoms with van der Waals surface area (Å²) in [6.45, 7) is 1.13. The third-order valence-corrected chi connectivity index (χ3v) is 3.64. The number of rotatable bonds is 2. The molecule has 90 valence electrons. The third kappa shape index (κ3) is 2.80. The fraction of sp³-hybridized carbons (Fsp3) is 0.462. The number of hydrogen-bond donors (Lipinski definition) is 1. The number of benzene rings is 1. The molecule has 2 rings (SSSR count). The van der Waals surface area contributed by atoms with Gasteiger partial charge < -0.3 is 10.0 Å². The van der Waals surface area contributed by atoms with Gasteiger partial charge in [0.25, 0.3) is 0 Å². The van der Waals surface area contributed by atoms with E-state index >= 15 is 0 Å². The molecule has 3 nitrogen and oxygen atoms in total. The molecule has 4 heteroatoms. The van der Waals surface area contributed by atoms with E-state index in [1.807, 2.05) is 12.1 Å². The van der Waals surface area contributed by atoms with Crippen LogP contribution in [-0.4, -0.2) is 24.3 Å². The minimum atomic E-state index is 0.175. The highest BCUT2D eigenvalue weighted by atomic mass is 79.9. The Labute approximate surface area is 110 Å². The second-order valence-electron chi connectivity index (χ2n) is 4.34. The normalized spacial score (nSPS) is 20.1. The van der Waals surface area contributed by atoms with Gasteiger partial charge in [0.1, 0.15) is 0 Å². The van der Waals surface area contributed by atoms with Gasteiger partial charge in [0, 0.05) is 16.7 Å². The maximum atomic E-state index is 9.40. The van der Waals surface area contributed by atoms with E-state index in [0.29, 0.717) is 5.56 Å². The third-order valence-electron chi connectivity index (χ3n) is 3.18.